The van der Waals surface area contributed by atoms with E-state index in [-0.39, 0.29) is 11.0 Å². The fraction of sp³-hybridized carbons (Fsp3) is 0.250. The molecule has 1 rings (SSSR count). The molecule has 8 heteroatoms. The lowest BCUT2D eigenvalue weighted by Crippen LogP contribution is -2.41. The third-order valence-corrected chi connectivity index (χ3v) is 3.54. The summed E-state index contributed by atoms with van der Waals surface area (Å²) in [5, 5.41) is 13.4. The van der Waals surface area contributed by atoms with Crippen molar-refractivity contribution >= 4 is 50.5 Å². The van der Waals surface area contributed by atoms with E-state index in [2.05, 4.69) is 26.6 Å². The highest BCUT2D eigenvalue weighted by Gasteiger charge is 2.20. The topological polar surface area (TPSA) is 95.5 Å². The molecule has 0 fully saturated rings. The SMILES string of the molecule is CC(=O)N[C@@H](CSC(=O)Nc1ccc(Br)cc1)C(=O)O. The zero-order valence-electron chi connectivity index (χ0n) is 10.6. The van der Waals surface area contributed by atoms with Crippen molar-refractivity contribution in [2.24, 2.45) is 0 Å². The van der Waals surface area contributed by atoms with Gasteiger partial charge in [-0.15, -0.1) is 0 Å². The predicted octanol–water partition coefficient (Wildman–Crippen LogP) is 2.30. The number of hydrogen-bond acceptors (Lipinski definition) is 4. The van der Waals surface area contributed by atoms with Crippen molar-refractivity contribution in [1.82, 2.24) is 5.32 Å². The summed E-state index contributed by atoms with van der Waals surface area (Å²) in [6, 6.07) is 5.89. The van der Waals surface area contributed by atoms with Crippen LogP contribution in [0.4, 0.5) is 10.5 Å². The first-order chi connectivity index (χ1) is 9.38. The molecule has 0 aliphatic heterocycles. The zero-order valence-corrected chi connectivity index (χ0v) is 13.0. The molecule has 0 radical (unpaired) electrons. The maximum atomic E-state index is 11.6. The van der Waals surface area contributed by atoms with Gasteiger partial charge in [-0.05, 0) is 24.3 Å². The largest absolute Gasteiger partial charge is 0.480 e. The molecule has 0 unspecified atom stereocenters. The van der Waals surface area contributed by atoms with Gasteiger partial charge in [0, 0.05) is 22.8 Å². The van der Waals surface area contributed by atoms with Gasteiger partial charge in [-0.2, -0.15) is 0 Å². The van der Waals surface area contributed by atoms with Crippen LogP contribution in [-0.2, 0) is 9.59 Å². The predicted molar refractivity (Wildman–Crippen MR) is 80.9 cm³/mol. The molecule has 0 aliphatic carbocycles. The first kappa shape index (κ1) is 16.5. The summed E-state index contributed by atoms with van der Waals surface area (Å²) in [5.74, 6) is -1.67. The summed E-state index contributed by atoms with van der Waals surface area (Å²) >= 11 is 4.07. The monoisotopic (exact) mass is 360 g/mol. The van der Waals surface area contributed by atoms with Crippen LogP contribution in [0, 0.1) is 0 Å². The smallest absolute Gasteiger partial charge is 0.327 e. The molecule has 0 bridgehead atoms. The standard InChI is InChI=1S/C12H13BrN2O4S/c1-7(16)14-10(11(17)18)6-20-12(19)15-9-4-2-8(13)3-5-9/h2-5,10H,6H2,1H3,(H,14,16)(H,15,19)(H,17,18)/t10-/m0/s1. The molecule has 0 aliphatic rings. The molecule has 20 heavy (non-hydrogen) atoms. The summed E-state index contributed by atoms with van der Waals surface area (Å²) in [7, 11) is 0. The molecule has 2 amide bonds. The normalized spacial score (nSPS) is 11.5. The van der Waals surface area contributed by atoms with Crippen LogP contribution < -0.4 is 10.6 Å². The second-order valence-corrected chi connectivity index (χ2v) is 5.73. The number of carbonyl (C=O) groups excluding carboxylic acids is 2. The van der Waals surface area contributed by atoms with Crippen LogP contribution in [0.3, 0.4) is 0 Å². The van der Waals surface area contributed by atoms with E-state index in [4.69, 9.17) is 5.11 Å². The maximum Gasteiger partial charge on any atom is 0.327 e. The molecular formula is C12H13BrN2O4S. The lowest BCUT2D eigenvalue weighted by molar-refractivity contribution is -0.140. The molecule has 0 saturated heterocycles. The van der Waals surface area contributed by atoms with Gasteiger partial charge in [0.1, 0.15) is 6.04 Å². The Bertz CT molecular complexity index is 507. The molecule has 0 heterocycles. The first-order valence-electron chi connectivity index (χ1n) is 5.57. The summed E-state index contributed by atoms with van der Waals surface area (Å²) in [6.07, 6.45) is 0. The van der Waals surface area contributed by atoms with Crippen LogP contribution >= 0.6 is 27.7 Å². The Labute approximate surface area is 128 Å². The van der Waals surface area contributed by atoms with Crippen molar-refractivity contribution in [3.05, 3.63) is 28.7 Å². The van der Waals surface area contributed by atoms with Gasteiger partial charge in [-0.25, -0.2) is 4.79 Å². The van der Waals surface area contributed by atoms with Crippen molar-refractivity contribution in [2.45, 2.75) is 13.0 Å². The summed E-state index contributed by atoms with van der Waals surface area (Å²) in [6.45, 7) is 1.22. The lowest BCUT2D eigenvalue weighted by atomic mass is 10.3. The Morgan fingerprint density at radius 3 is 2.40 bits per heavy atom. The van der Waals surface area contributed by atoms with Crippen LogP contribution in [0.15, 0.2) is 28.7 Å². The minimum Gasteiger partial charge on any atom is -0.480 e. The van der Waals surface area contributed by atoms with E-state index in [9.17, 15) is 14.4 Å². The quantitative estimate of drug-likeness (QED) is 0.748. The molecule has 0 aromatic heterocycles. The van der Waals surface area contributed by atoms with Crippen LogP contribution in [0.1, 0.15) is 6.92 Å². The van der Waals surface area contributed by atoms with Crippen LogP contribution in [0.5, 0.6) is 0 Å². The molecule has 6 nitrogen and oxygen atoms in total. The third kappa shape index (κ3) is 6.07. The van der Waals surface area contributed by atoms with E-state index in [1.807, 2.05) is 0 Å². The van der Waals surface area contributed by atoms with Crippen molar-refractivity contribution in [3.8, 4) is 0 Å². The number of carboxylic acids is 1. The fourth-order valence-corrected chi connectivity index (χ4v) is 2.26. The fourth-order valence-electron chi connectivity index (χ4n) is 1.27. The van der Waals surface area contributed by atoms with E-state index in [0.717, 1.165) is 16.2 Å². The van der Waals surface area contributed by atoms with Gasteiger partial charge in [0.15, 0.2) is 0 Å². The number of carboxylic acid groups (broad SMARTS) is 1. The number of nitrogens with one attached hydrogen (secondary N) is 2. The minimum absolute atomic E-state index is 0.0444. The van der Waals surface area contributed by atoms with Crippen LogP contribution in [0.25, 0.3) is 0 Å². The maximum absolute atomic E-state index is 11.6. The van der Waals surface area contributed by atoms with Gasteiger partial charge in [0.2, 0.25) is 5.91 Å². The number of benzene rings is 1. The Hall–Kier alpha value is -1.54. The van der Waals surface area contributed by atoms with Gasteiger partial charge in [-0.3, -0.25) is 9.59 Å². The van der Waals surface area contributed by atoms with E-state index in [1.165, 1.54) is 6.92 Å². The number of hydrogen-bond donors (Lipinski definition) is 3. The molecule has 1 aromatic carbocycles. The van der Waals surface area contributed by atoms with E-state index in [0.29, 0.717) is 5.69 Å². The lowest BCUT2D eigenvalue weighted by Gasteiger charge is -2.12. The van der Waals surface area contributed by atoms with Crippen LogP contribution in [-0.4, -0.2) is 34.0 Å². The highest BCUT2D eigenvalue weighted by molar-refractivity contribution is 9.10. The van der Waals surface area contributed by atoms with Gasteiger partial charge in [0.25, 0.3) is 5.24 Å². The molecule has 1 atom stereocenters. The highest BCUT2D eigenvalue weighted by Crippen LogP contribution is 2.16. The van der Waals surface area contributed by atoms with Crippen LogP contribution in [0.2, 0.25) is 0 Å². The highest BCUT2D eigenvalue weighted by atomic mass is 79.9. The Morgan fingerprint density at radius 1 is 1.30 bits per heavy atom. The molecule has 1 aromatic rings. The average Bonchev–Trinajstić information content (AvgIpc) is 2.36. The van der Waals surface area contributed by atoms with E-state index < -0.39 is 17.9 Å². The number of amides is 2. The molecule has 0 saturated carbocycles. The van der Waals surface area contributed by atoms with Crippen molar-refractivity contribution < 1.29 is 19.5 Å². The number of carbonyl (C=O) groups is 3. The second kappa shape index (κ2) is 7.91. The minimum atomic E-state index is -1.18. The summed E-state index contributed by atoms with van der Waals surface area (Å²) < 4.78 is 0.889. The summed E-state index contributed by atoms with van der Waals surface area (Å²) in [4.78, 5) is 33.4. The van der Waals surface area contributed by atoms with E-state index in [1.54, 1.807) is 24.3 Å². The van der Waals surface area contributed by atoms with Gasteiger partial charge < -0.3 is 15.7 Å². The molecule has 108 valence electrons. The molecule has 3 N–H and O–H groups in total. The second-order valence-electron chi connectivity index (χ2n) is 3.82. The Kier molecular flexibility index (Phi) is 6.53. The van der Waals surface area contributed by atoms with Crippen molar-refractivity contribution in [2.75, 3.05) is 11.1 Å². The Balaban J connectivity index is 2.47. The third-order valence-electron chi connectivity index (χ3n) is 2.15. The van der Waals surface area contributed by atoms with E-state index >= 15 is 0 Å². The Morgan fingerprint density at radius 2 is 1.90 bits per heavy atom. The van der Waals surface area contributed by atoms with Crippen molar-refractivity contribution in [1.29, 1.82) is 0 Å². The number of halogens is 1. The van der Waals surface area contributed by atoms with Gasteiger partial charge in [-0.1, -0.05) is 27.7 Å². The summed E-state index contributed by atoms with van der Waals surface area (Å²) in [5.41, 5.74) is 0.608. The van der Waals surface area contributed by atoms with Crippen molar-refractivity contribution in [3.63, 3.8) is 0 Å². The number of rotatable bonds is 5. The van der Waals surface area contributed by atoms with Gasteiger partial charge >= 0.3 is 5.97 Å². The first-order valence-corrected chi connectivity index (χ1v) is 7.35. The zero-order chi connectivity index (χ0) is 15.1. The average molecular weight is 361 g/mol. The van der Waals surface area contributed by atoms with Gasteiger partial charge in [0.05, 0.1) is 0 Å². The number of aliphatic carboxylic acids is 1. The molecule has 0 spiro atoms. The number of anilines is 1. The number of thioether (sulfide) groups is 1. The molecular weight excluding hydrogens is 348 g/mol.